The summed E-state index contributed by atoms with van der Waals surface area (Å²) in [5.41, 5.74) is 0. The molecule has 0 spiro atoms. The normalized spacial score (nSPS) is 12.4. The molecule has 0 radical (unpaired) electrons. The van der Waals surface area contributed by atoms with Crippen LogP contribution in [0.2, 0.25) is 0 Å². The molecule has 0 fully saturated rings. The van der Waals surface area contributed by atoms with Gasteiger partial charge in [-0.25, -0.2) is 0 Å². The average Bonchev–Trinajstić information content (AvgIpc) is 3.47. The first-order valence-corrected chi connectivity index (χ1v) is 35.8. The molecule has 0 aliphatic heterocycles. The molecule has 0 aliphatic rings. The van der Waals surface area contributed by atoms with Crippen LogP contribution in [0.25, 0.3) is 0 Å². The Hall–Kier alpha value is -2.89. The van der Waals surface area contributed by atoms with Gasteiger partial charge >= 0.3 is 17.9 Å². The Balaban J connectivity index is 4.33. The van der Waals surface area contributed by atoms with Gasteiger partial charge < -0.3 is 14.2 Å². The smallest absolute Gasteiger partial charge is 0.306 e. The van der Waals surface area contributed by atoms with E-state index in [0.717, 1.165) is 96.3 Å². The second kappa shape index (κ2) is 69.6. The SMILES string of the molecule is CCCCCC/C=C\C/C=C\CCCCCCCC(=O)OCC(COC(=O)CCCCCCCCCCCCCCCCCCCCCCCCCC)OC(=O)CCCCCCCCCC/C=C\C/C=C\C/C=C\CCCCCCC. The molecule has 0 N–H and O–H groups in total. The number of hydrogen-bond acceptors (Lipinski definition) is 6. The first-order chi connectivity index (χ1) is 40.0. The Morgan fingerprint density at radius 1 is 0.247 bits per heavy atom. The van der Waals surface area contributed by atoms with Crippen molar-refractivity contribution in [2.45, 2.75) is 386 Å². The number of rotatable bonds is 66. The van der Waals surface area contributed by atoms with Crippen molar-refractivity contribution in [1.82, 2.24) is 0 Å². The van der Waals surface area contributed by atoms with Crippen molar-refractivity contribution in [2.24, 2.45) is 0 Å². The minimum atomic E-state index is -0.785. The zero-order valence-electron chi connectivity index (χ0n) is 54.3. The lowest BCUT2D eigenvalue weighted by Crippen LogP contribution is -2.30. The van der Waals surface area contributed by atoms with Gasteiger partial charge in [0, 0.05) is 19.3 Å². The number of ether oxygens (including phenoxy) is 3. The number of carbonyl (C=O) groups is 3. The Morgan fingerprint density at radius 3 is 0.704 bits per heavy atom. The standard InChI is InChI=1S/C75H136O6/c1-4-7-10-13-16-19-22-25-28-31-33-35-37-39-40-42-44-47-50-53-56-59-62-65-68-74(77)80-71-72(70-79-73(76)67-64-61-58-55-52-49-46-30-27-24-21-18-15-12-9-6-3)81-75(78)69-66-63-60-57-54-51-48-45-43-41-38-36-34-32-29-26-23-20-17-14-11-8-5-2/h21,23-24,26,30,32,34,38,41,46,72H,4-20,22,25,27-29,31,33,35-37,39-40,42-45,47-71H2,1-3H3/b24-21-,26-23-,34-32-,41-38-,46-30-. The molecule has 1 unspecified atom stereocenters. The maximum atomic E-state index is 13.0. The van der Waals surface area contributed by atoms with Crippen LogP contribution < -0.4 is 0 Å². The number of carbonyl (C=O) groups excluding carboxylic acids is 3. The van der Waals surface area contributed by atoms with Gasteiger partial charge in [-0.2, -0.15) is 0 Å². The molecule has 0 rings (SSSR count). The van der Waals surface area contributed by atoms with Gasteiger partial charge in [0.05, 0.1) is 0 Å². The van der Waals surface area contributed by atoms with Crippen molar-refractivity contribution in [1.29, 1.82) is 0 Å². The van der Waals surface area contributed by atoms with E-state index < -0.39 is 6.10 Å². The van der Waals surface area contributed by atoms with Crippen LogP contribution in [-0.4, -0.2) is 37.2 Å². The summed E-state index contributed by atoms with van der Waals surface area (Å²) in [5.74, 6) is -0.876. The first kappa shape index (κ1) is 78.1. The predicted molar refractivity (Wildman–Crippen MR) is 353 cm³/mol. The second-order valence-corrected chi connectivity index (χ2v) is 24.1. The third-order valence-corrected chi connectivity index (χ3v) is 16.0. The molecule has 472 valence electrons. The molecule has 6 heteroatoms. The van der Waals surface area contributed by atoms with Crippen LogP contribution in [0, 0.1) is 0 Å². The zero-order valence-corrected chi connectivity index (χ0v) is 54.3. The van der Waals surface area contributed by atoms with Gasteiger partial charge in [0.1, 0.15) is 13.2 Å². The van der Waals surface area contributed by atoms with Gasteiger partial charge in [-0.1, -0.05) is 332 Å². The van der Waals surface area contributed by atoms with Crippen molar-refractivity contribution in [3.63, 3.8) is 0 Å². The molecule has 1 atom stereocenters. The van der Waals surface area contributed by atoms with E-state index in [4.69, 9.17) is 14.2 Å². The van der Waals surface area contributed by atoms with E-state index in [-0.39, 0.29) is 31.1 Å². The van der Waals surface area contributed by atoms with E-state index in [9.17, 15) is 14.4 Å². The molecular formula is C75H136O6. The number of allylic oxidation sites excluding steroid dienone is 10. The molecule has 0 heterocycles. The molecule has 0 aromatic heterocycles. The molecule has 0 aromatic carbocycles. The van der Waals surface area contributed by atoms with Gasteiger partial charge in [0.25, 0.3) is 0 Å². The quantitative estimate of drug-likeness (QED) is 0.0261. The summed E-state index contributed by atoms with van der Waals surface area (Å²) in [6, 6.07) is 0. The fraction of sp³-hybridized carbons (Fsp3) is 0.827. The molecule has 0 aromatic rings. The Labute approximate surface area is 504 Å². The van der Waals surface area contributed by atoms with Crippen molar-refractivity contribution in [3.8, 4) is 0 Å². The summed E-state index contributed by atoms with van der Waals surface area (Å²) in [6.07, 6.45) is 89.6. The van der Waals surface area contributed by atoms with Crippen molar-refractivity contribution in [3.05, 3.63) is 60.8 Å². The summed E-state index contributed by atoms with van der Waals surface area (Å²) >= 11 is 0. The predicted octanol–water partition coefficient (Wildman–Crippen LogP) is 24.7. The van der Waals surface area contributed by atoms with Crippen LogP contribution in [-0.2, 0) is 28.6 Å². The van der Waals surface area contributed by atoms with Gasteiger partial charge in [-0.05, 0) is 89.9 Å². The minimum absolute atomic E-state index is 0.0783. The van der Waals surface area contributed by atoms with Crippen molar-refractivity contribution in [2.75, 3.05) is 13.2 Å². The Morgan fingerprint density at radius 2 is 0.444 bits per heavy atom. The van der Waals surface area contributed by atoms with Crippen LogP contribution >= 0.6 is 0 Å². The minimum Gasteiger partial charge on any atom is -0.462 e. The highest BCUT2D eigenvalue weighted by molar-refractivity contribution is 5.71. The molecule has 0 amide bonds. The lowest BCUT2D eigenvalue weighted by Gasteiger charge is -2.18. The second-order valence-electron chi connectivity index (χ2n) is 24.1. The van der Waals surface area contributed by atoms with Crippen LogP contribution in [0.5, 0.6) is 0 Å². The molecular weight excluding hydrogens is 997 g/mol. The highest BCUT2D eigenvalue weighted by Gasteiger charge is 2.19. The fourth-order valence-electron chi connectivity index (χ4n) is 10.6. The third kappa shape index (κ3) is 67.8. The average molecular weight is 1130 g/mol. The highest BCUT2D eigenvalue weighted by Crippen LogP contribution is 2.18. The van der Waals surface area contributed by atoms with E-state index in [2.05, 4.69) is 81.5 Å². The lowest BCUT2D eigenvalue weighted by molar-refractivity contribution is -0.167. The van der Waals surface area contributed by atoms with Gasteiger partial charge in [0.2, 0.25) is 0 Å². The maximum Gasteiger partial charge on any atom is 0.306 e. The maximum absolute atomic E-state index is 13.0. The lowest BCUT2D eigenvalue weighted by atomic mass is 10.0. The van der Waals surface area contributed by atoms with Crippen LogP contribution in [0.4, 0.5) is 0 Å². The summed E-state index contributed by atoms with van der Waals surface area (Å²) in [5, 5.41) is 0. The van der Waals surface area contributed by atoms with Crippen molar-refractivity contribution >= 4 is 17.9 Å². The molecule has 81 heavy (non-hydrogen) atoms. The van der Waals surface area contributed by atoms with Crippen LogP contribution in [0.3, 0.4) is 0 Å². The van der Waals surface area contributed by atoms with Crippen molar-refractivity contribution < 1.29 is 28.6 Å². The van der Waals surface area contributed by atoms with Gasteiger partial charge in [-0.3, -0.25) is 14.4 Å². The van der Waals surface area contributed by atoms with E-state index in [1.807, 2.05) is 0 Å². The summed E-state index contributed by atoms with van der Waals surface area (Å²) in [7, 11) is 0. The number of esters is 3. The Bertz CT molecular complexity index is 1440. The third-order valence-electron chi connectivity index (χ3n) is 16.0. The topological polar surface area (TPSA) is 78.9 Å². The summed E-state index contributed by atoms with van der Waals surface area (Å²) in [6.45, 7) is 6.66. The van der Waals surface area contributed by atoms with E-state index in [1.54, 1.807) is 0 Å². The van der Waals surface area contributed by atoms with E-state index in [1.165, 1.54) is 244 Å². The van der Waals surface area contributed by atoms with Gasteiger partial charge in [-0.15, -0.1) is 0 Å². The molecule has 6 nitrogen and oxygen atoms in total. The molecule has 0 bridgehead atoms. The van der Waals surface area contributed by atoms with Crippen LogP contribution in [0.15, 0.2) is 60.8 Å². The number of unbranched alkanes of at least 4 members (excludes halogenated alkanes) is 45. The fourth-order valence-corrected chi connectivity index (χ4v) is 10.6. The summed E-state index contributed by atoms with van der Waals surface area (Å²) < 4.78 is 17.0. The highest BCUT2D eigenvalue weighted by atomic mass is 16.6. The largest absolute Gasteiger partial charge is 0.462 e. The van der Waals surface area contributed by atoms with Gasteiger partial charge in [0.15, 0.2) is 6.10 Å². The summed E-state index contributed by atoms with van der Waals surface area (Å²) in [4.78, 5) is 38.5. The zero-order chi connectivity index (χ0) is 58.5. The van der Waals surface area contributed by atoms with E-state index in [0.29, 0.717) is 19.3 Å². The molecule has 0 saturated carbocycles. The van der Waals surface area contributed by atoms with Crippen LogP contribution in [0.1, 0.15) is 380 Å². The number of hydrogen-bond donors (Lipinski definition) is 0. The van der Waals surface area contributed by atoms with E-state index >= 15 is 0 Å². The monoisotopic (exact) mass is 1130 g/mol. The Kier molecular flexibility index (Phi) is 67.1. The molecule has 0 aliphatic carbocycles. The molecule has 0 saturated heterocycles. The first-order valence-electron chi connectivity index (χ1n) is 35.8.